The molecule has 0 spiro atoms. The monoisotopic (exact) mass is 290 g/mol. The van der Waals surface area contributed by atoms with Crippen molar-refractivity contribution < 1.29 is 18.7 Å². The van der Waals surface area contributed by atoms with Gasteiger partial charge in [-0.3, -0.25) is 4.79 Å². The van der Waals surface area contributed by atoms with Crippen molar-refractivity contribution in [1.82, 2.24) is 0 Å². The number of nitrogens with one attached hydrogen (secondary N) is 1. The van der Waals surface area contributed by atoms with Crippen molar-refractivity contribution in [2.24, 2.45) is 0 Å². The highest BCUT2D eigenvalue weighted by Gasteiger charge is 2.09. The van der Waals surface area contributed by atoms with Crippen molar-refractivity contribution in [3.8, 4) is 11.5 Å². The van der Waals surface area contributed by atoms with Crippen LogP contribution in [0.4, 0.5) is 15.8 Å². The topological polar surface area (TPSA) is 73.6 Å². The van der Waals surface area contributed by atoms with E-state index in [1.807, 2.05) is 0 Å². The van der Waals surface area contributed by atoms with Crippen LogP contribution in [0.2, 0.25) is 0 Å². The number of methoxy groups -OCH3 is 1. The maximum Gasteiger partial charge on any atom is 0.262 e. The fourth-order valence-electron chi connectivity index (χ4n) is 1.71. The molecular weight excluding hydrogens is 275 g/mol. The van der Waals surface area contributed by atoms with Crippen molar-refractivity contribution in [3.05, 3.63) is 48.3 Å². The van der Waals surface area contributed by atoms with E-state index in [9.17, 15) is 9.18 Å². The third kappa shape index (κ3) is 3.85. The Balaban J connectivity index is 1.96. The molecule has 0 aliphatic carbocycles. The number of rotatable bonds is 5. The Morgan fingerprint density at radius 3 is 2.71 bits per heavy atom. The predicted molar refractivity (Wildman–Crippen MR) is 77.9 cm³/mol. The number of nitrogens with two attached hydrogens (primary N) is 1. The molecule has 6 heteroatoms. The van der Waals surface area contributed by atoms with Crippen LogP contribution in [0.15, 0.2) is 42.5 Å². The van der Waals surface area contributed by atoms with Gasteiger partial charge in [0.15, 0.2) is 18.2 Å². The summed E-state index contributed by atoms with van der Waals surface area (Å²) in [4.78, 5) is 11.8. The number of hydrogen-bond donors (Lipinski definition) is 2. The fourth-order valence-corrected chi connectivity index (χ4v) is 1.71. The number of ether oxygens (including phenoxy) is 2. The quantitative estimate of drug-likeness (QED) is 0.829. The molecule has 2 aromatic rings. The second kappa shape index (κ2) is 6.60. The number of amides is 1. The average Bonchev–Trinajstić information content (AvgIpc) is 2.47. The van der Waals surface area contributed by atoms with Crippen LogP contribution < -0.4 is 20.5 Å². The SMILES string of the molecule is COc1ccccc1NC(=O)COc1ccc(N)cc1F. The third-order valence-corrected chi connectivity index (χ3v) is 2.70. The van der Waals surface area contributed by atoms with Crippen molar-refractivity contribution >= 4 is 17.3 Å². The number of para-hydroxylation sites is 2. The van der Waals surface area contributed by atoms with Crippen molar-refractivity contribution in [2.45, 2.75) is 0 Å². The lowest BCUT2D eigenvalue weighted by molar-refractivity contribution is -0.118. The number of hydrogen-bond acceptors (Lipinski definition) is 4. The molecule has 0 fully saturated rings. The minimum atomic E-state index is -0.611. The molecule has 0 aromatic heterocycles. The van der Waals surface area contributed by atoms with Crippen LogP contribution in [0.5, 0.6) is 11.5 Å². The van der Waals surface area contributed by atoms with Crippen LogP contribution in [0.3, 0.4) is 0 Å². The van der Waals surface area contributed by atoms with Gasteiger partial charge >= 0.3 is 0 Å². The first-order valence-electron chi connectivity index (χ1n) is 6.21. The number of nitrogen functional groups attached to an aromatic ring is 1. The number of benzene rings is 2. The van der Waals surface area contributed by atoms with E-state index in [-0.39, 0.29) is 12.4 Å². The molecule has 0 aliphatic heterocycles. The Morgan fingerprint density at radius 1 is 1.24 bits per heavy atom. The minimum Gasteiger partial charge on any atom is -0.495 e. The van der Waals surface area contributed by atoms with E-state index < -0.39 is 11.7 Å². The van der Waals surface area contributed by atoms with Gasteiger partial charge in [0.2, 0.25) is 0 Å². The normalized spacial score (nSPS) is 10.0. The van der Waals surface area contributed by atoms with Crippen molar-refractivity contribution in [3.63, 3.8) is 0 Å². The van der Waals surface area contributed by atoms with E-state index in [2.05, 4.69) is 5.32 Å². The number of anilines is 2. The van der Waals surface area contributed by atoms with Gasteiger partial charge in [-0.2, -0.15) is 0 Å². The standard InChI is InChI=1S/C15H15FN2O3/c1-20-14-5-3-2-4-12(14)18-15(19)9-21-13-7-6-10(17)8-11(13)16/h2-8H,9,17H2,1H3,(H,18,19). The summed E-state index contributed by atoms with van der Waals surface area (Å²) in [5.74, 6) is -0.528. The molecule has 5 nitrogen and oxygen atoms in total. The molecule has 1 amide bonds. The van der Waals surface area contributed by atoms with Gasteiger partial charge in [-0.1, -0.05) is 12.1 Å². The average molecular weight is 290 g/mol. The summed E-state index contributed by atoms with van der Waals surface area (Å²) in [6, 6.07) is 11.0. The molecule has 21 heavy (non-hydrogen) atoms. The molecule has 0 atom stereocenters. The van der Waals surface area contributed by atoms with Gasteiger partial charge in [0.25, 0.3) is 5.91 Å². The van der Waals surface area contributed by atoms with Crippen LogP contribution in [-0.2, 0) is 4.79 Å². The number of carbonyl (C=O) groups is 1. The number of halogens is 1. The van der Waals surface area contributed by atoms with Gasteiger partial charge in [0, 0.05) is 11.8 Å². The second-order valence-electron chi connectivity index (χ2n) is 4.23. The van der Waals surface area contributed by atoms with E-state index in [0.29, 0.717) is 17.1 Å². The summed E-state index contributed by atoms with van der Waals surface area (Å²) in [6.45, 7) is -0.321. The molecule has 110 valence electrons. The van der Waals surface area contributed by atoms with Gasteiger partial charge in [-0.25, -0.2) is 4.39 Å². The largest absolute Gasteiger partial charge is 0.495 e. The van der Waals surface area contributed by atoms with E-state index in [0.717, 1.165) is 6.07 Å². The first-order valence-corrected chi connectivity index (χ1v) is 6.21. The fraction of sp³-hybridized carbons (Fsp3) is 0.133. The lowest BCUT2D eigenvalue weighted by atomic mass is 10.3. The molecule has 2 aromatic carbocycles. The summed E-state index contributed by atoms with van der Waals surface area (Å²) in [5, 5.41) is 2.63. The Hall–Kier alpha value is -2.76. The first kappa shape index (κ1) is 14.6. The van der Waals surface area contributed by atoms with E-state index >= 15 is 0 Å². The van der Waals surface area contributed by atoms with Gasteiger partial charge in [-0.05, 0) is 24.3 Å². The minimum absolute atomic E-state index is 0.0284. The van der Waals surface area contributed by atoms with Crippen LogP contribution in [0.1, 0.15) is 0 Å². The molecule has 0 saturated heterocycles. The number of carbonyl (C=O) groups excluding carboxylic acids is 1. The zero-order chi connectivity index (χ0) is 15.2. The maximum atomic E-state index is 13.5. The van der Waals surface area contributed by atoms with Crippen LogP contribution >= 0.6 is 0 Å². The molecule has 0 unspecified atom stereocenters. The highest BCUT2D eigenvalue weighted by atomic mass is 19.1. The smallest absolute Gasteiger partial charge is 0.262 e. The second-order valence-corrected chi connectivity index (χ2v) is 4.23. The van der Waals surface area contributed by atoms with Crippen LogP contribution in [0.25, 0.3) is 0 Å². The molecule has 2 rings (SSSR count). The molecule has 0 aliphatic rings. The molecule has 0 saturated carbocycles. The Labute approximate surface area is 121 Å². The van der Waals surface area contributed by atoms with Crippen molar-refractivity contribution in [1.29, 1.82) is 0 Å². The highest BCUT2D eigenvalue weighted by molar-refractivity contribution is 5.93. The zero-order valence-electron chi connectivity index (χ0n) is 11.4. The van der Waals surface area contributed by atoms with Gasteiger partial charge < -0.3 is 20.5 Å². The van der Waals surface area contributed by atoms with E-state index in [1.54, 1.807) is 24.3 Å². The van der Waals surface area contributed by atoms with Gasteiger partial charge in [0.05, 0.1) is 12.8 Å². The van der Waals surface area contributed by atoms with Crippen LogP contribution in [0, 0.1) is 5.82 Å². The van der Waals surface area contributed by atoms with Gasteiger partial charge in [-0.15, -0.1) is 0 Å². The molecule has 0 heterocycles. The molecular formula is C15H15FN2O3. The van der Waals surface area contributed by atoms with Crippen LogP contribution in [-0.4, -0.2) is 19.6 Å². The summed E-state index contributed by atoms with van der Waals surface area (Å²) >= 11 is 0. The van der Waals surface area contributed by atoms with E-state index in [1.165, 1.54) is 19.2 Å². The summed E-state index contributed by atoms with van der Waals surface area (Å²) < 4.78 is 23.7. The summed E-state index contributed by atoms with van der Waals surface area (Å²) in [5.41, 5.74) is 6.24. The lowest BCUT2D eigenvalue weighted by Crippen LogP contribution is -2.20. The summed E-state index contributed by atoms with van der Waals surface area (Å²) in [7, 11) is 1.51. The first-order chi connectivity index (χ1) is 10.1. The van der Waals surface area contributed by atoms with Gasteiger partial charge in [0.1, 0.15) is 5.75 Å². The Morgan fingerprint density at radius 2 is 2.00 bits per heavy atom. The zero-order valence-corrected chi connectivity index (χ0v) is 11.4. The molecule has 3 N–H and O–H groups in total. The highest BCUT2D eigenvalue weighted by Crippen LogP contribution is 2.23. The van der Waals surface area contributed by atoms with Crippen molar-refractivity contribution in [2.75, 3.05) is 24.8 Å². The molecule has 0 bridgehead atoms. The Kier molecular flexibility index (Phi) is 4.61. The maximum absolute atomic E-state index is 13.5. The third-order valence-electron chi connectivity index (χ3n) is 2.70. The predicted octanol–water partition coefficient (Wildman–Crippen LogP) is 2.43. The molecule has 0 radical (unpaired) electrons. The Bertz CT molecular complexity index is 647. The lowest BCUT2D eigenvalue weighted by Gasteiger charge is -2.11. The van der Waals surface area contributed by atoms with E-state index in [4.69, 9.17) is 15.2 Å². The summed E-state index contributed by atoms with van der Waals surface area (Å²) in [6.07, 6.45) is 0.